The van der Waals surface area contributed by atoms with Gasteiger partial charge in [0.15, 0.2) is 5.82 Å². The highest BCUT2D eigenvalue weighted by Crippen LogP contribution is 2.30. The molecular formula is C24H23FN6O3. The number of hydrogen-bond donors (Lipinski definition) is 4. The largest absolute Gasteiger partial charge is 0.461 e. The lowest BCUT2D eigenvalue weighted by atomic mass is 10.00. The number of rotatable bonds is 10. The molecule has 1 aromatic heterocycles. The molecular weight excluding hydrogens is 439 g/mol. The van der Waals surface area contributed by atoms with Gasteiger partial charge in [0.05, 0.1) is 19.3 Å². The minimum atomic E-state index is -0.576. The zero-order valence-electron chi connectivity index (χ0n) is 18.3. The van der Waals surface area contributed by atoms with E-state index in [0.29, 0.717) is 23.5 Å². The van der Waals surface area contributed by atoms with Crippen molar-refractivity contribution in [3.05, 3.63) is 66.6 Å². The number of fused-ring (bicyclic) bond motifs is 1. The first-order valence-electron chi connectivity index (χ1n) is 10.6. The number of aromatic amines is 1. The number of H-pyrrole nitrogens is 1. The highest BCUT2D eigenvalue weighted by atomic mass is 19.1. The summed E-state index contributed by atoms with van der Waals surface area (Å²) in [5.74, 6) is 0.00187. The van der Waals surface area contributed by atoms with E-state index in [0.717, 1.165) is 22.0 Å². The van der Waals surface area contributed by atoms with Crippen molar-refractivity contribution >= 4 is 40.3 Å². The van der Waals surface area contributed by atoms with Crippen LogP contribution in [0.4, 0.5) is 21.6 Å². The monoisotopic (exact) mass is 462 g/mol. The van der Waals surface area contributed by atoms with E-state index in [1.165, 1.54) is 13.0 Å². The summed E-state index contributed by atoms with van der Waals surface area (Å²) in [7, 11) is 0. The first-order chi connectivity index (χ1) is 16.5. The van der Waals surface area contributed by atoms with Gasteiger partial charge < -0.3 is 20.7 Å². The maximum Gasteiger partial charge on any atom is 0.293 e. The average Bonchev–Trinajstić information content (AvgIpc) is 3.33. The Labute approximate surface area is 194 Å². The number of aromatic nitrogens is 3. The number of carbonyl (C=O) groups is 2. The molecule has 0 saturated carbocycles. The summed E-state index contributed by atoms with van der Waals surface area (Å²) in [6.07, 6.45) is 1.01. The Kier molecular flexibility index (Phi) is 6.97. The van der Waals surface area contributed by atoms with Gasteiger partial charge in [-0.15, -0.1) is 5.10 Å². The number of carbonyl (C=O) groups excluding carboxylic acids is 2. The molecule has 1 heterocycles. The quantitative estimate of drug-likeness (QED) is 0.266. The van der Waals surface area contributed by atoms with Gasteiger partial charge in [-0.2, -0.15) is 10.3 Å². The molecule has 9 nitrogen and oxygen atoms in total. The molecule has 0 spiro atoms. The summed E-state index contributed by atoms with van der Waals surface area (Å²) in [6, 6.07) is 16.4. The van der Waals surface area contributed by atoms with Gasteiger partial charge in [0, 0.05) is 23.9 Å². The molecule has 0 saturated heterocycles. The number of ether oxygens (including phenoxy) is 1. The Balaban J connectivity index is 1.46. The van der Waals surface area contributed by atoms with Crippen LogP contribution in [0, 0.1) is 5.82 Å². The smallest absolute Gasteiger partial charge is 0.293 e. The van der Waals surface area contributed by atoms with Crippen molar-refractivity contribution in [2.75, 3.05) is 23.7 Å². The van der Waals surface area contributed by atoms with E-state index in [-0.39, 0.29) is 24.8 Å². The van der Waals surface area contributed by atoms with E-state index in [2.05, 4.69) is 31.4 Å². The molecule has 4 rings (SSSR count). The summed E-state index contributed by atoms with van der Waals surface area (Å²) in [6.45, 7) is 2.08. The van der Waals surface area contributed by atoms with Crippen LogP contribution in [0.5, 0.6) is 0 Å². The van der Waals surface area contributed by atoms with E-state index in [1.54, 1.807) is 18.3 Å². The van der Waals surface area contributed by atoms with Gasteiger partial charge in [-0.05, 0) is 52.7 Å². The molecule has 0 aliphatic carbocycles. The molecule has 4 aromatic rings. The maximum absolute atomic E-state index is 14.9. The Hall–Kier alpha value is -4.47. The van der Waals surface area contributed by atoms with E-state index >= 15 is 0 Å². The standard InChI is InChI=1S/C24H23FN6O3/c1-15(33)26-11-21(34-14-32)12-27-19-6-7-22(23(25)10-19)18-3-2-17-9-20(5-4-16(17)8-18)29-24-13-28-31-30-24/h2-10,13-14,21,27H,11-12H2,1H3,(H,26,33)(H2,28,29,30,31)/t21-/m0/s1. The molecule has 174 valence electrons. The first kappa shape index (κ1) is 22.7. The van der Waals surface area contributed by atoms with E-state index in [9.17, 15) is 14.0 Å². The van der Waals surface area contributed by atoms with Gasteiger partial charge in [-0.3, -0.25) is 9.59 Å². The third-order valence-corrected chi connectivity index (χ3v) is 5.17. The number of halogens is 1. The molecule has 0 radical (unpaired) electrons. The molecule has 0 fully saturated rings. The SMILES string of the molecule is CC(=O)NC[C@@H](CNc1ccc(-c2ccc3cc(Nc4cn[nH]n4)ccc3c2)c(F)c1)OC=O. The van der Waals surface area contributed by atoms with Crippen molar-refractivity contribution in [1.82, 2.24) is 20.7 Å². The first-order valence-corrected chi connectivity index (χ1v) is 10.6. The highest BCUT2D eigenvalue weighted by molar-refractivity contribution is 5.90. The van der Waals surface area contributed by atoms with Crippen LogP contribution < -0.4 is 16.0 Å². The topological polar surface area (TPSA) is 121 Å². The fourth-order valence-corrected chi connectivity index (χ4v) is 3.50. The number of amides is 1. The molecule has 1 atom stereocenters. The second kappa shape index (κ2) is 10.4. The second-order valence-corrected chi connectivity index (χ2v) is 7.62. The molecule has 3 aromatic carbocycles. The van der Waals surface area contributed by atoms with Crippen LogP contribution in [-0.4, -0.2) is 47.0 Å². The zero-order valence-corrected chi connectivity index (χ0v) is 18.3. The van der Waals surface area contributed by atoms with Gasteiger partial charge in [0.2, 0.25) is 5.91 Å². The van der Waals surface area contributed by atoms with Crippen molar-refractivity contribution in [2.24, 2.45) is 0 Å². The minimum Gasteiger partial charge on any atom is -0.461 e. The number of anilines is 3. The second-order valence-electron chi connectivity index (χ2n) is 7.62. The van der Waals surface area contributed by atoms with Gasteiger partial charge >= 0.3 is 0 Å². The summed E-state index contributed by atoms with van der Waals surface area (Å²) in [5, 5.41) is 21.0. The molecule has 4 N–H and O–H groups in total. The van der Waals surface area contributed by atoms with E-state index in [1.807, 2.05) is 36.4 Å². The van der Waals surface area contributed by atoms with Crippen LogP contribution in [0.25, 0.3) is 21.9 Å². The van der Waals surface area contributed by atoms with Crippen LogP contribution >= 0.6 is 0 Å². The van der Waals surface area contributed by atoms with Crippen LogP contribution in [0.1, 0.15) is 6.92 Å². The lowest BCUT2D eigenvalue weighted by Crippen LogP contribution is -2.36. The van der Waals surface area contributed by atoms with E-state index < -0.39 is 6.10 Å². The molecule has 34 heavy (non-hydrogen) atoms. The number of benzene rings is 3. The maximum atomic E-state index is 14.9. The van der Waals surface area contributed by atoms with Gasteiger partial charge in [0.1, 0.15) is 11.9 Å². The van der Waals surface area contributed by atoms with Crippen LogP contribution in [0.15, 0.2) is 60.8 Å². The van der Waals surface area contributed by atoms with Crippen LogP contribution in [0.2, 0.25) is 0 Å². The van der Waals surface area contributed by atoms with Crippen LogP contribution in [0.3, 0.4) is 0 Å². The normalized spacial score (nSPS) is 11.6. The van der Waals surface area contributed by atoms with Crippen molar-refractivity contribution in [1.29, 1.82) is 0 Å². The Morgan fingerprint density at radius 2 is 1.88 bits per heavy atom. The predicted molar refractivity (Wildman–Crippen MR) is 127 cm³/mol. The summed E-state index contributed by atoms with van der Waals surface area (Å²) >= 11 is 0. The number of hydrogen-bond acceptors (Lipinski definition) is 7. The van der Waals surface area contributed by atoms with Crippen molar-refractivity contribution < 1.29 is 18.7 Å². The number of nitrogens with zero attached hydrogens (tertiary/aromatic N) is 2. The Bertz CT molecular complexity index is 1300. The molecule has 0 bridgehead atoms. The Morgan fingerprint density at radius 3 is 2.62 bits per heavy atom. The molecule has 10 heteroatoms. The predicted octanol–water partition coefficient (Wildman–Crippen LogP) is 3.60. The highest BCUT2D eigenvalue weighted by Gasteiger charge is 2.12. The van der Waals surface area contributed by atoms with Crippen molar-refractivity contribution in [3.8, 4) is 11.1 Å². The summed E-state index contributed by atoms with van der Waals surface area (Å²) < 4.78 is 19.9. The number of nitrogens with one attached hydrogen (secondary N) is 4. The van der Waals surface area contributed by atoms with Crippen LogP contribution in [-0.2, 0) is 14.3 Å². The lowest BCUT2D eigenvalue weighted by molar-refractivity contribution is -0.133. The third-order valence-electron chi connectivity index (χ3n) is 5.17. The Morgan fingerprint density at radius 1 is 1.09 bits per heavy atom. The fraction of sp³-hybridized carbons (Fsp3) is 0.167. The van der Waals surface area contributed by atoms with Gasteiger partial charge in [-0.1, -0.05) is 18.2 Å². The van der Waals surface area contributed by atoms with Crippen molar-refractivity contribution in [2.45, 2.75) is 13.0 Å². The minimum absolute atomic E-state index is 0.161. The van der Waals surface area contributed by atoms with Gasteiger partial charge in [-0.25, -0.2) is 4.39 Å². The summed E-state index contributed by atoms with van der Waals surface area (Å²) in [4.78, 5) is 21.7. The van der Waals surface area contributed by atoms with E-state index in [4.69, 9.17) is 4.74 Å². The molecule has 0 unspecified atom stereocenters. The molecule has 0 aliphatic rings. The molecule has 0 aliphatic heterocycles. The third kappa shape index (κ3) is 5.66. The average molecular weight is 462 g/mol. The van der Waals surface area contributed by atoms with Crippen molar-refractivity contribution in [3.63, 3.8) is 0 Å². The summed E-state index contributed by atoms with van der Waals surface area (Å²) in [5.41, 5.74) is 2.62. The lowest BCUT2D eigenvalue weighted by Gasteiger charge is -2.17. The molecule has 1 amide bonds. The fourth-order valence-electron chi connectivity index (χ4n) is 3.50. The van der Waals surface area contributed by atoms with Gasteiger partial charge in [0.25, 0.3) is 6.47 Å². The zero-order chi connectivity index (χ0) is 23.9.